The number of carboxylic acid groups (broad SMARTS) is 1. The third kappa shape index (κ3) is 2.35. The van der Waals surface area contributed by atoms with Crippen molar-refractivity contribution in [1.82, 2.24) is 0 Å². The molecule has 0 bridgehead atoms. The standard InChI is InChI=1S/C16H23NO3/c1-10-8-13(11(2)12(3)14(10)20-4)17-9-16(15(18)19)6-5-7-16/h8,17H,5-7,9H2,1-4H3,(H,18,19). The van der Waals surface area contributed by atoms with Crippen molar-refractivity contribution >= 4 is 11.7 Å². The molecule has 0 spiro atoms. The number of aliphatic carboxylic acids is 1. The Morgan fingerprint density at radius 2 is 2.00 bits per heavy atom. The molecule has 1 aliphatic carbocycles. The summed E-state index contributed by atoms with van der Waals surface area (Å²) in [4.78, 5) is 11.4. The second-order valence-electron chi connectivity index (χ2n) is 5.82. The number of carbonyl (C=O) groups is 1. The van der Waals surface area contributed by atoms with Gasteiger partial charge in [-0.25, -0.2) is 0 Å². The summed E-state index contributed by atoms with van der Waals surface area (Å²) in [6.07, 6.45) is 2.54. The molecular formula is C16H23NO3. The van der Waals surface area contributed by atoms with Crippen LogP contribution in [0.3, 0.4) is 0 Å². The summed E-state index contributed by atoms with van der Waals surface area (Å²) in [6, 6.07) is 2.04. The van der Waals surface area contributed by atoms with Crippen LogP contribution in [-0.4, -0.2) is 24.7 Å². The van der Waals surface area contributed by atoms with E-state index in [-0.39, 0.29) is 0 Å². The third-order valence-corrected chi connectivity index (χ3v) is 4.61. The summed E-state index contributed by atoms with van der Waals surface area (Å²) in [5.74, 6) is 0.223. The molecule has 2 N–H and O–H groups in total. The Morgan fingerprint density at radius 1 is 1.35 bits per heavy atom. The maximum atomic E-state index is 11.4. The topological polar surface area (TPSA) is 58.6 Å². The predicted octanol–water partition coefficient (Wildman–Crippen LogP) is 3.29. The van der Waals surface area contributed by atoms with Crippen molar-refractivity contribution in [1.29, 1.82) is 0 Å². The molecule has 1 fully saturated rings. The monoisotopic (exact) mass is 277 g/mol. The zero-order valence-electron chi connectivity index (χ0n) is 12.7. The van der Waals surface area contributed by atoms with Gasteiger partial charge in [-0.05, 0) is 56.4 Å². The number of nitrogens with one attached hydrogen (secondary N) is 1. The van der Waals surface area contributed by atoms with E-state index >= 15 is 0 Å². The Labute approximate surface area is 120 Å². The number of methoxy groups -OCH3 is 1. The minimum atomic E-state index is -0.684. The summed E-state index contributed by atoms with van der Waals surface area (Å²) in [7, 11) is 1.68. The van der Waals surface area contributed by atoms with Gasteiger partial charge >= 0.3 is 5.97 Å². The Hall–Kier alpha value is -1.71. The fraction of sp³-hybridized carbons (Fsp3) is 0.562. The molecule has 4 heteroatoms. The molecule has 0 atom stereocenters. The number of hydrogen-bond acceptors (Lipinski definition) is 3. The highest BCUT2D eigenvalue weighted by atomic mass is 16.5. The van der Waals surface area contributed by atoms with Gasteiger partial charge < -0.3 is 15.2 Å². The molecule has 0 amide bonds. The highest BCUT2D eigenvalue weighted by molar-refractivity contribution is 5.77. The van der Waals surface area contributed by atoms with Crippen LogP contribution in [0.4, 0.5) is 5.69 Å². The minimum absolute atomic E-state index is 0.494. The van der Waals surface area contributed by atoms with Crippen LogP contribution in [0, 0.1) is 26.2 Å². The van der Waals surface area contributed by atoms with Gasteiger partial charge in [0.05, 0.1) is 12.5 Å². The molecule has 0 radical (unpaired) electrons. The lowest BCUT2D eigenvalue weighted by Gasteiger charge is -2.38. The number of hydrogen-bond donors (Lipinski definition) is 2. The van der Waals surface area contributed by atoms with Gasteiger partial charge in [-0.15, -0.1) is 0 Å². The lowest BCUT2D eigenvalue weighted by atomic mass is 9.68. The zero-order valence-corrected chi connectivity index (χ0v) is 12.7. The van der Waals surface area contributed by atoms with Crippen LogP contribution in [0.2, 0.25) is 0 Å². The van der Waals surface area contributed by atoms with Crippen LogP contribution in [0.15, 0.2) is 6.07 Å². The largest absolute Gasteiger partial charge is 0.496 e. The maximum Gasteiger partial charge on any atom is 0.311 e. The first-order valence-corrected chi connectivity index (χ1v) is 7.03. The summed E-state index contributed by atoms with van der Waals surface area (Å²) in [5, 5.41) is 12.7. The summed E-state index contributed by atoms with van der Waals surface area (Å²) >= 11 is 0. The number of rotatable bonds is 5. The lowest BCUT2D eigenvalue weighted by molar-refractivity contribution is -0.153. The predicted molar refractivity (Wildman–Crippen MR) is 79.6 cm³/mol. The van der Waals surface area contributed by atoms with Crippen molar-refractivity contribution in [2.75, 3.05) is 19.0 Å². The van der Waals surface area contributed by atoms with Crippen molar-refractivity contribution in [2.24, 2.45) is 5.41 Å². The first kappa shape index (κ1) is 14.7. The van der Waals surface area contributed by atoms with Crippen molar-refractivity contribution in [2.45, 2.75) is 40.0 Å². The van der Waals surface area contributed by atoms with Crippen molar-refractivity contribution < 1.29 is 14.6 Å². The number of anilines is 1. The molecule has 0 heterocycles. The Morgan fingerprint density at radius 3 is 2.45 bits per heavy atom. The molecule has 1 aromatic rings. The van der Waals surface area contributed by atoms with E-state index < -0.39 is 11.4 Å². The quantitative estimate of drug-likeness (QED) is 0.867. The van der Waals surface area contributed by atoms with Crippen molar-refractivity contribution in [3.63, 3.8) is 0 Å². The minimum Gasteiger partial charge on any atom is -0.496 e. The average molecular weight is 277 g/mol. The molecule has 20 heavy (non-hydrogen) atoms. The van der Waals surface area contributed by atoms with E-state index in [9.17, 15) is 9.90 Å². The third-order valence-electron chi connectivity index (χ3n) is 4.61. The highest BCUT2D eigenvalue weighted by Crippen LogP contribution is 2.42. The Kier molecular flexibility index (Phi) is 3.93. The fourth-order valence-corrected chi connectivity index (χ4v) is 2.89. The van der Waals surface area contributed by atoms with E-state index in [1.54, 1.807) is 7.11 Å². The molecule has 0 saturated heterocycles. The van der Waals surface area contributed by atoms with Crippen LogP contribution in [0.25, 0.3) is 0 Å². The Balaban J connectivity index is 2.20. The van der Waals surface area contributed by atoms with Gasteiger partial charge in [0, 0.05) is 12.2 Å². The second kappa shape index (κ2) is 5.35. The van der Waals surface area contributed by atoms with Gasteiger partial charge in [0.25, 0.3) is 0 Å². The van der Waals surface area contributed by atoms with Gasteiger partial charge in [0.1, 0.15) is 5.75 Å². The maximum absolute atomic E-state index is 11.4. The first-order chi connectivity index (χ1) is 9.41. The molecule has 1 aliphatic rings. The van der Waals surface area contributed by atoms with E-state index in [0.29, 0.717) is 6.54 Å². The van der Waals surface area contributed by atoms with Gasteiger partial charge in [-0.1, -0.05) is 6.42 Å². The van der Waals surface area contributed by atoms with E-state index in [2.05, 4.69) is 5.32 Å². The molecule has 4 nitrogen and oxygen atoms in total. The SMILES string of the molecule is COc1c(C)cc(NCC2(C(=O)O)CCC2)c(C)c1C. The van der Waals surface area contributed by atoms with E-state index in [0.717, 1.165) is 47.4 Å². The molecule has 1 saturated carbocycles. The van der Waals surface area contributed by atoms with Crippen LogP contribution < -0.4 is 10.1 Å². The van der Waals surface area contributed by atoms with Crippen molar-refractivity contribution in [3.8, 4) is 5.75 Å². The van der Waals surface area contributed by atoms with Gasteiger partial charge in [-0.3, -0.25) is 4.79 Å². The molecule has 1 aromatic carbocycles. The van der Waals surface area contributed by atoms with E-state index in [1.807, 2.05) is 26.8 Å². The van der Waals surface area contributed by atoms with E-state index in [4.69, 9.17) is 4.74 Å². The van der Waals surface area contributed by atoms with Crippen LogP contribution in [-0.2, 0) is 4.79 Å². The number of aryl methyl sites for hydroxylation is 1. The smallest absolute Gasteiger partial charge is 0.311 e. The van der Waals surface area contributed by atoms with Crippen LogP contribution >= 0.6 is 0 Å². The van der Waals surface area contributed by atoms with Crippen LogP contribution in [0.5, 0.6) is 5.75 Å². The fourth-order valence-electron chi connectivity index (χ4n) is 2.89. The zero-order chi connectivity index (χ0) is 14.9. The molecule has 0 unspecified atom stereocenters. The summed E-state index contributed by atoms with van der Waals surface area (Å²) < 4.78 is 5.41. The number of benzene rings is 1. The summed E-state index contributed by atoms with van der Waals surface area (Å²) in [6.45, 7) is 6.57. The van der Waals surface area contributed by atoms with Crippen molar-refractivity contribution in [3.05, 3.63) is 22.8 Å². The number of ether oxygens (including phenoxy) is 1. The van der Waals surface area contributed by atoms with Gasteiger partial charge in [0.15, 0.2) is 0 Å². The first-order valence-electron chi connectivity index (χ1n) is 7.03. The highest BCUT2D eigenvalue weighted by Gasteiger charge is 2.44. The number of carboxylic acids is 1. The van der Waals surface area contributed by atoms with E-state index in [1.165, 1.54) is 0 Å². The molecular weight excluding hydrogens is 254 g/mol. The molecule has 2 rings (SSSR count). The second-order valence-corrected chi connectivity index (χ2v) is 5.82. The average Bonchev–Trinajstić information content (AvgIpc) is 2.34. The Bertz CT molecular complexity index is 533. The summed E-state index contributed by atoms with van der Waals surface area (Å²) in [5.41, 5.74) is 3.72. The molecule has 0 aromatic heterocycles. The molecule has 110 valence electrons. The van der Waals surface area contributed by atoms with Gasteiger partial charge in [0.2, 0.25) is 0 Å². The van der Waals surface area contributed by atoms with Gasteiger partial charge in [-0.2, -0.15) is 0 Å². The molecule has 0 aliphatic heterocycles. The lowest BCUT2D eigenvalue weighted by Crippen LogP contribution is -2.43. The normalized spacial score (nSPS) is 16.4. The van der Waals surface area contributed by atoms with Crippen LogP contribution in [0.1, 0.15) is 36.0 Å².